The maximum Gasteiger partial charge on any atom is 0.247 e. The second-order valence-corrected chi connectivity index (χ2v) is 5.30. The zero-order valence-corrected chi connectivity index (χ0v) is 12.6. The van der Waals surface area contributed by atoms with Crippen LogP contribution in [-0.4, -0.2) is 46.2 Å². The van der Waals surface area contributed by atoms with Crippen molar-refractivity contribution in [1.82, 2.24) is 19.9 Å². The van der Waals surface area contributed by atoms with E-state index < -0.39 is 0 Å². The summed E-state index contributed by atoms with van der Waals surface area (Å²) in [6.07, 6.45) is 1.61. The third kappa shape index (κ3) is 2.95. The number of morpholine rings is 1. The molecule has 0 bridgehead atoms. The van der Waals surface area contributed by atoms with Gasteiger partial charge in [0.05, 0.1) is 19.5 Å². The highest BCUT2D eigenvalue weighted by molar-refractivity contribution is 5.77. The van der Waals surface area contributed by atoms with E-state index in [0.717, 1.165) is 18.7 Å². The van der Waals surface area contributed by atoms with Crippen molar-refractivity contribution in [3.05, 3.63) is 42.2 Å². The van der Waals surface area contributed by atoms with Gasteiger partial charge in [-0.05, 0) is 5.56 Å². The van der Waals surface area contributed by atoms with Gasteiger partial charge in [-0.3, -0.25) is 0 Å². The summed E-state index contributed by atoms with van der Waals surface area (Å²) >= 11 is 0. The summed E-state index contributed by atoms with van der Waals surface area (Å²) in [5.74, 6) is 1.15. The van der Waals surface area contributed by atoms with Gasteiger partial charge >= 0.3 is 0 Å². The molecule has 0 unspecified atom stereocenters. The van der Waals surface area contributed by atoms with Gasteiger partial charge < -0.3 is 19.4 Å². The van der Waals surface area contributed by atoms with Gasteiger partial charge in [0.2, 0.25) is 11.8 Å². The fourth-order valence-corrected chi connectivity index (χ4v) is 2.53. The molecule has 1 saturated heterocycles. The maximum atomic E-state index is 5.90. The molecule has 0 amide bonds. The smallest absolute Gasteiger partial charge is 0.247 e. The molecule has 0 aliphatic carbocycles. The summed E-state index contributed by atoms with van der Waals surface area (Å²) in [4.78, 5) is 18.5. The lowest BCUT2D eigenvalue weighted by Gasteiger charge is -2.26. The van der Waals surface area contributed by atoms with E-state index in [0.29, 0.717) is 42.8 Å². The first-order chi connectivity index (χ1) is 11.4. The highest BCUT2D eigenvalue weighted by atomic mass is 16.5. The Morgan fingerprint density at radius 1 is 1.13 bits per heavy atom. The number of aromatic amines is 1. The van der Waals surface area contributed by atoms with E-state index in [4.69, 9.17) is 9.47 Å². The molecule has 4 rings (SSSR count). The Bertz CT molecular complexity index is 784. The number of hydrogen-bond acceptors (Lipinski definition) is 6. The van der Waals surface area contributed by atoms with Gasteiger partial charge in [-0.2, -0.15) is 9.97 Å². The number of H-pyrrole nitrogens is 1. The molecule has 0 atom stereocenters. The van der Waals surface area contributed by atoms with Crippen LogP contribution in [0.2, 0.25) is 0 Å². The lowest BCUT2D eigenvalue weighted by atomic mass is 10.2. The van der Waals surface area contributed by atoms with E-state index in [9.17, 15) is 0 Å². The van der Waals surface area contributed by atoms with Gasteiger partial charge in [-0.25, -0.2) is 4.98 Å². The normalized spacial score (nSPS) is 15.0. The van der Waals surface area contributed by atoms with Gasteiger partial charge in [0.25, 0.3) is 0 Å². The number of imidazole rings is 1. The van der Waals surface area contributed by atoms with Crippen LogP contribution in [0.15, 0.2) is 36.7 Å². The molecule has 0 radical (unpaired) electrons. The van der Waals surface area contributed by atoms with Gasteiger partial charge in [0, 0.05) is 13.1 Å². The zero-order valence-electron chi connectivity index (χ0n) is 12.6. The molecule has 2 aromatic heterocycles. The molecule has 1 fully saturated rings. The molecule has 7 nitrogen and oxygen atoms in total. The van der Waals surface area contributed by atoms with Crippen molar-refractivity contribution in [1.29, 1.82) is 0 Å². The minimum atomic E-state index is 0.447. The predicted molar refractivity (Wildman–Crippen MR) is 85.5 cm³/mol. The first-order valence-corrected chi connectivity index (χ1v) is 7.61. The highest BCUT2D eigenvalue weighted by Crippen LogP contribution is 2.24. The van der Waals surface area contributed by atoms with E-state index >= 15 is 0 Å². The Balaban J connectivity index is 1.62. The number of rotatable bonds is 4. The fourth-order valence-electron chi connectivity index (χ4n) is 2.53. The molecule has 7 heteroatoms. The Hall–Kier alpha value is -2.67. The minimum Gasteiger partial charge on any atom is -0.471 e. The zero-order chi connectivity index (χ0) is 15.5. The number of hydrogen-bond donors (Lipinski definition) is 1. The van der Waals surface area contributed by atoms with Crippen molar-refractivity contribution in [2.75, 3.05) is 31.2 Å². The van der Waals surface area contributed by atoms with Crippen LogP contribution in [-0.2, 0) is 11.3 Å². The van der Waals surface area contributed by atoms with E-state index in [1.165, 1.54) is 0 Å². The quantitative estimate of drug-likeness (QED) is 0.791. The summed E-state index contributed by atoms with van der Waals surface area (Å²) in [5, 5.41) is 0. The molecule has 1 aromatic carbocycles. The molecular weight excluding hydrogens is 294 g/mol. The van der Waals surface area contributed by atoms with Gasteiger partial charge in [0.15, 0.2) is 11.2 Å². The maximum absolute atomic E-state index is 5.90. The average molecular weight is 311 g/mol. The number of aromatic nitrogens is 4. The number of fused-ring (bicyclic) bond motifs is 1. The van der Waals surface area contributed by atoms with Gasteiger partial charge in [-0.1, -0.05) is 30.3 Å². The van der Waals surface area contributed by atoms with E-state index in [-0.39, 0.29) is 0 Å². The first-order valence-electron chi connectivity index (χ1n) is 7.61. The Morgan fingerprint density at radius 2 is 1.96 bits per heavy atom. The van der Waals surface area contributed by atoms with Crippen LogP contribution < -0.4 is 9.64 Å². The van der Waals surface area contributed by atoms with Crippen LogP contribution in [0.5, 0.6) is 5.88 Å². The predicted octanol–water partition coefficient (Wildman–Crippen LogP) is 1.77. The largest absolute Gasteiger partial charge is 0.471 e. The lowest BCUT2D eigenvalue weighted by molar-refractivity contribution is 0.122. The topological polar surface area (TPSA) is 76.2 Å². The summed E-state index contributed by atoms with van der Waals surface area (Å²) < 4.78 is 11.3. The Kier molecular flexibility index (Phi) is 3.77. The monoisotopic (exact) mass is 311 g/mol. The second kappa shape index (κ2) is 6.21. The van der Waals surface area contributed by atoms with Crippen LogP contribution in [0.25, 0.3) is 11.2 Å². The van der Waals surface area contributed by atoms with Crippen molar-refractivity contribution >= 4 is 17.1 Å². The van der Waals surface area contributed by atoms with Crippen LogP contribution in [0.1, 0.15) is 5.56 Å². The average Bonchev–Trinajstić information content (AvgIpc) is 3.10. The van der Waals surface area contributed by atoms with E-state index in [1.807, 2.05) is 30.3 Å². The number of anilines is 1. The summed E-state index contributed by atoms with van der Waals surface area (Å²) in [7, 11) is 0. The Morgan fingerprint density at radius 3 is 2.78 bits per heavy atom. The van der Waals surface area contributed by atoms with E-state index in [1.54, 1.807) is 6.33 Å². The molecule has 3 aromatic rings. The van der Waals surface area contributed by atoms with Crippen LogP contribution in [0.4, 0.5) is 5.95 Å². The van der Waals surface area contributed by atoms with Crippen molar-refractivity contribution in [3.8, 4) is 5.88 Å². The van der Waals surface area contributed by atoms with Gasteiger partial charge in [0.1, 0.15) is 6.61 Å². The lowest BCUT2D eigenvalue weighted by Crippen LogP contribution is -2.37. The number of nitrogens with one attached hydrogen (secondary N) is 1. The van der Waals surface area contributed by atoms with E-state index in [2.05, 4.69) is 24.8 Å². The molecule has 118 valence electrons. The molecular formula is C16H17N5O2. The second-order valence-electron chi connectivity index (χ2n) is 5.30. The fraction of sp³-hybridized carbons (Fsp3) is 0.312. The SMILES string of the molecule is c1ccc(COc2nc(N3CCOCC3)nc3[nH]cnc23)cc1. The van der Waals surface area contributed by atoms with Crippen molar-refractivity contribution in [2.45, 2.75) is 6.61 Å². The minimum absolute atomic E-state index is 0.447. The standard InChI is InChI=1S/C16H17N5O2/c1-2-4-12(5-3-1)10-23-15-13-14(18-11-17-13)19-16(20-15)21-6-8-22-9-7-21/h1-5,11H,6-10H2,(H,17,18,19,20). The molecule has 3 heterocycles. The van der Waals surface area contributed by atoms with Crippen molar-refractivity contribution in [3.63, 3.8) is 0 Å². The third-order valence-electron chi connectivity index (χ3n) is 3.75. The summed E-state index contributed by atoms with van der Waals surface area (Å²) in [6, 6.07) is 10.00. The van der Waals surface area contributed by atoms with Crippen molar-refractivity contribution < 1.29 is 9.47 Å². The Labute approximate surface area is 133 Å². The first kappa shape index (κ1) is 14.0. The number of ether oxygens (including phenoxy) is 2. The third-order valence-corrected chi connectivity index (χ3v) is 3.75. The molecule has 1 N–H and O–H groups in total. The molecule has 1 aliphatic heterocycles. The molecule has 0 spiro atoms. The summed E-state index contributed by atoms with van der Waals surface area (Å²) in [6.45, 7) is 3.37. The number of benzene rings is 1. The highest BCUT2D eigenvalue weighted by Gasteiger charge is 2.18. The molecule has 0 saturated carbocycles. The van der Waals surface area contributed by atoms with Crippen LogP contribution in [0, 0.1) is 0 Å². The van der Waals surface area contributed by atoms with Gasteiger partial charge in [-0.15, -0.1) is 0 Å². The van der Waals surface area contributed by atoms with Crippen molar-refractivity contribution in [2.24, 2.45) is 0 Å². The molecule has 1 aliphatic rings. The molecule has 23 heavy (non-hydrogen) atoms. The number of nitrogens with zero attached hydrogens (tertiary/aromatic N) is 4. The summed E-state index contributed by atoms with van der Waals surface area (Å²) in [5.41, 5.74) is 2.42. The van der Waals surface area contributed by atoms with Crippen LogP contribution in [0.3, 0.4) is 0 Å². The van der Waals surface area contributed by atoms with Crippen LogP contribution >= 0.6 is 0 Å².